The van der Waals surface area contributed by atoms with Crippen molar-refractivity contribution in [1.29, 1.82) is 0 Å². The molecule has 2 atom stereocenters. The molecule has 0 saturated heterocycles. The normalized spacial score (nSPS) is 27.8. The SMILES string of the molecule is CC1[C]=CN(O)[N+]1(CC(F)(F)F)c1cccnc1. The first-order valence-electron chi connectivity index (χ1n) is 5.29. The monoisotopic (exact) mass is 259 g/mol. The smallest absolute Gasteiger partial charge is 0.258 e. The maximum atomic E-state index is 12.8. The summed E-state index contributed by atoms with van der Waals surface area (Å²) in [5.41, 5.74) is 0.256. The number of pyridine rings is 1. The second kappa shape index (κ2) is 4.25. The molecule has 0 aromatic carbocycles. The maximum absolute atomic E-state index is 12.8. The number of aromatic nitrogens is 1. The van der Waals surface area contributed by atoms with Crippen LogP contribution in [0.25, 0.3) is 0 Å². The van der Waals surface area contributed by atoms with Gasteiger partial charge in [0.1, 0.15) is 6.04 Å². The van der Waals surface area contributed by atoms with E-state index in [9.17, 15) is 18.4 Å². The third-order valence-corrected chi connectivity index (χ3v) is 2.95. The Morgan fingerprint density at radius 3 is 2.72 bits per heavy atom. The summed E-state index contributed by atoms with van der Waals surface area (Å²) in [5, 5.41) is 10.3. The summed E-state index contributed by atoms with van der Waals surface area (Å²) in [6.45, 7) is 0.339. The van der Waals surface area contributed by atoms with E-state index in [-0.39, 0.29) is 5.69 Å². The molecular weight excluding hydrogens is 247 g/mol. The topological polar surface area (TPSA) is 36.4 Å². The molecule has 1 aliphatic rings. The number of quaternary nitrogens is 1. The van der Waals surface area contributed by atoms with E-state index < -0.39 is 23.4 Å². The first-order chi connectivity index (χ1) is 8.36. The summed E-state index contributed by atoms with van der Waals surface area (Å²) < 4.78 is 37.5. The molecule has 1 aromatic heterocycles. The quantitative estimate of drug-likeness (QED) is 0.828. The minimum atomic E-state index is -4.43. The highest BCUT2D eigenvalue weighted by atomic mass is 19.4. The van der Waals surface area contributed by atoms with Crippen molar-refractivity contribution in [1.82, 2.24) is 14.7 Å². The van der Waals surface area contributed by atoms with E-state index in [1.165, 1.54) is 24.5 Å². The summed E-state index contributed by atoms with van der Waals surface area (Å²) in [4.78, 5) is 3.81. The Morgan fingerprint density at radius 2 is 2.28 bits per heavy atom. The fourth-order valence-electron chi connectivity index (χ4n) is 2.08. The number of rotatable bonds is 2. The van der Waals surface area contributed by atoms with E-state index in [2.05, 4.69) is 11.1 Å². The standard InChI is InChI=1S/C11H12F3N3O/c1-9-4-6-16(18)17(9,8-11(12,13)14)10-3-2-5-15-7-10/h2-3,5-7,9,18H,8H2,1H3/q+1. The molecule has 1 N–H and O–H groups in total. The third-order valence-electron chi connectivity index (χ3n) is 2.95. The Kier molecular flexibility index (Phi) is 3.04. The lowest BCUT2D eigenvalue weighted by molar-refractivity contribution is -0.244. The van der Waals surface area contributed by atoms with Gasteiger partial charge in [0, 0.05) is 18.3 Å². The van der Waals surface area contributed by atoms with Crippen LogP contribution in [0.1, 0.15) is 6.92 Å². The molecule has 1 aromatic rings. The van der Waals surface area contributed by atoms with Gasteiger partial charge in [-0.05, 0) is 13.0 Å². The predicted molar refractivity (Wildman–Crippen MR) is 57.9 cm³/mol. The first-order valence-corrected chi connectivity index (χ1v) is 5.29. The van der Waals surface area contributed by atoms with E-state index >= 15 is 0 Å². The van der Waals surface area contributed by atoms with Crippen LogP contribution in [-0.4, -0.2) is 34.1 Å². The Labute approximate surface area is 102 Å². The average Bonchev–Trinajstić information content (AvgIpc) is 2.57. The van der Waals surface area contributed by atoms with E-state index in [0.29, 0.717) is 5.17 Å². The number of alkyl halides is 3. The molecule has 0 bridgehead atoms. The fraction of sp³-hybridized carbons (Fsp3) is 0.364. The van der Waals surface area contributed by atoms with Gasteiger partial charge in [-0.2, -0.15) is 13.2 Å². The average molecular weight is 259 g/mol. The highest BCUT2D eigenvalue weighted by Crippen LogP contribution is 2.36. The van der Waals surface area contributed by atoms with E-state index in [0.717, 1.165) is 6.20 Å². The van der Waals surface area contributed by atoms with Crippen molar-refractivity contribution in [2.45, 2.75) is 19.1 Å². The number of halogens is 3. The summed E-state index contributed by atoms with van der Waals surface area (Å²) in [5.74, 6) is 0. The molecule has 1 radical (unpaired) electrons. The minimum Gasteiger partial charge on any atom is -0.258 e. The third kappa shape index (κ3) is 2.06. The van der Waals surface area contributed by atoms with Gasteiger partial charge in [-0.25, -0.2) is 5.21 Å². The van der Waals surface area contributed by atoms with Gasteiger partial charge in [-0.15, -0.1) is 4.59 Å². The van der Waals surface area contributed by atoms with Crippen molar-refractivity contribution in [2.24, 2.45) is 0 Å². The zero-order valence-corrected chi connectivity index (χ0v) is 9.59. The molecule has 18 heavy (non-hydrogen) atoms. The summed E-state index contributed by atoms with van der Waals surface area (Å²) >= 11 is 0. The molecule has 1 aliphatic heterocycles. The lowest BCUT2D eigenvalue weighted by Gasteiger charge is -2.40. The van der Waals surface area contributed by atoms with Crippen molar-refractivity contribution < 1.29 is 18.4 Å². The van der Waals surface area contributed by atoms with Crippen molar-refractivity contribution in [3.8, 4) is 0 Å². The van der Waals surface area contributed by atoms with E-state index in [1.54, 1.807) is 6.92 Å². The van der Waals surface area contributed by atoms with Crippen LogP contribution in [0.4, 0.5) is 18.9 Å². The van der Waals surface area contributed by atoms with Gasteiger partial charge < -0.3 is 0 Å². The Hall–Kier alpha value is -1.60. The number of nitrogens with zero attached hydrogens (tertiary/aromatic N) is 3. The van der Waals surface area contributed by atoms with Crippen LogP contribution >= 0.6 is 0 Å². The Morgan fingerprint density at radius 1 is 1.56 bits per heavy atom. The van der Waals surface area contributed by atoms with Crippen molar-refractivity contribution in [2.75, 3.05) is 6.54 Å². The zero-order valence-electron chi connectivity index (χ0n) is 9.59. The molecule has 97 valence electrons. The molecule has 0 spiro atoms. The van der Waals surface area contributed by atoms with Gasteiger partial charge in [0.05, 0.1) is 12.4 Å². The highest BCUT2D eigenvalue weighted by molar-refractivity contribution is 5.41. The highest BCUT2D eigenvalue weighted by Gasteiger charge is 2.53. The van der Waals surface area contributed by atoms with E-state index in [1.807, 2.05) is 0 Å². The summed E-state index contributed by atoms with van der Waals surface area (Å²) in [7, 11) is 0. The Bertz CT molecular complexity index is 435. The second-order valence-electron chi connectivity index (χ2n) is 4.10. The van der Waals surface area contributed by atoms with Crippen LogP contribution < -0.4 is 4.59 Å². The van der Waals surface area contributed by atoms with Crippen molar-refractivity contribution in [3.05, 3.63) is 36.8 Å². The van der Waals surface area contributed by atoms with E-state index in [4.69, 9.17) is 0 Å². The van der Waals surface area contributed by atoms with Gasteiger partial charge in [-0.1, -0.05) is 5.17 Å². The lowest BCUT2D eigenvalue weighted by atomic mass is 10.2. The molecule has 0 fully saturated rings. The minimum absolute atomic E-state index is 0.256. The molecule has 4 nitrogen and oxygen atoms in total. The molecule has 2 rings (SSSR count). The largest absolute Gasteiger partial charge is 0.441 e. The van der Waals surface area contributed by atoms with Gasteiger partial charge in [-0.3, -0.25) is 4.98 Å². The van der Waals surface area contributed by atoms with Crippen LogP contribution in [0.3, 0.4) is 0 Å². The number of hydrogen-bond donors (Lipinski definition) is 1. The molecule has 2 heterocycles. The van der Waals surface area contributed by atoms with Gasteiger partial charge in [0.15, 0.2) is 5.69 Å². The molecular formula is C11H12F3N3O+. The summed E-state index contributed by atoms with van der Waals surface area (Å²) in [6, 6.07) is 2.38. The van der Waals surface area contributed by atoms with Crippen LogP contribution in [-0.2, 0) is 0 Å². The van der Waals surface area contributed by atoms with Crippen LogP contribution in [0.15, 0.2) is 30.7 Å². The molecule has 0 amide bonds. The molecule has 2 unspecified atom stereocenters. The number of hydroxylamine groups is 1. The van der Waals surface area contributed by atoms with Crippen molar-refractivity contribution in [3.63, 3.8) is 0 Å². The van der Waals surface area contributed by atoms with Gasteiger partial charge >= 0.3 is 6.18 Å². The van der Waals surface area contributed by atoms with Crippen LogP contribution in [0, 0.1) is 6.08 Å². The van der Waals surface area contributed by atoms with Gasteiger partial charge in [0.2, 0.25) is 6.54 Å². The Balaban J connectivity index is 2.48. The number of hydrogen-bond acceptors (Lipinski definition) is 3. The van der Waals surface area contributed by atoms with Crippen LogP contribution in [0.2, 0.25) is 0 Å². The zero-order chi connectivity index (χ0) is 13.4. The van der Waals surface area contributed by atoms with Crippen molar-refractivity contribution >= 4 is 5.69 Å². The summed E-state index contributed by atoms with van der Waals surface area (Å²) in [6.07, 6.45) is 2.14. The second-order valence-corrected chi connectivity index (χ2v) is 4.10. The molecule has 0 saturated carbocycles. The molecule has 7 heteroatoms. The first kappa shape index (κ1) is 12.8. The molecule has 0 aliphatic carbocycles. The van der Waals surface area contributed by atoms with Gasteiger partial charge in [0.25, 0.3) is 0 Å². The lowest BCUT2D eigenvalue weighted by Crippen LogP contribution is -2.63. The van der Waals surface area contributed by atoms with Crippen LogP contribution in [0.5, 0.6) is 0 Å². The maximum Gasteiger partial charge on any atom is 0.441 e. The predicted octanol–water partition coefficient (Wildman–Crippen LogP) is 2.28. The fourth-order valence-corrected chi connectivity index (χ4v) is 2.08.